The first-order valence-electron chi connectivity index (χ1n) is 13.1. The third-order valence-electron chi connectivity index (χ3n) is 6.59. The first-order valence-corrected chi connectivity index (χ1v) is 13.1. The van der Waals surface area contributed by atoms with Crippen LogP contribution in [0.25, 0.3) is 5.69 Å². The van der Waals surface area contributed by atoms with Crippen LogP contribution in [0.15, 0.2) is 23.0 Å². The van der Waals surface area contributed by atoms with Gasteiger partial charge in [-0.1, -0.05) is 71.4 Å². The van der Waals surface area contributed by atoms with Gasteiger partial charge in [0.15, 0.2) is 5.78 Å². The van der Waals surface area contributed by atoms with Gasteiger partial charge in [-0.05, 0) is 50.3 Å². The summed E-state index contributed by atoms with van der Waals surface area (Å²) in [6.45, 7) is 10.6. The number of carbonyl (C=O) groups is 2. The van der Waals surface area contributed by atoms with Crippen LogP contribution in [0.1, 0.15) is 106 Å². The van der Waals surface area contributed by atoms with Crippen molar-refractivity contribution in [1.82, 2.24) is 14.7 Å². The number of hydrogen-bond acceptors (Lipinski definition) is 3. The van der Waals surface area contributed by atoms with E-state index < -0.39 is 0 Å². The molecule has 1 aromatic heterocycles. The summed E-state index contributed by atoms with van der Waals surface area (Å²) < 4.78 is 1.47. The van der Waals surface area contributed by atoms with Crippen molar-refractivity contribution in [2.24, 2.45) is 0 Å². The SMILES string of the molecule is CCCCCCCCCC(=O)N(CCC)CC(=O)c1c(CC)[nH]n(-c2cccc(C)c2C)c1=O. The number of ketones is 1. The summed E-state index contributed by atoms with van der Waals surface area (Å²) in [6, 6.07) is 5.78. The van der Waals surface area contributed by atoms with Crippen LogP contribution in [0.3, 0.4) is 0 Å². The summed E-state index contributed by atoms with van der Waals surface area (Å²) in [7, 11) is 0. The van der Waals surface area contributed by atoms with Crippen LogP contribution in [-0.4, -0.2) is 39.5 Å². The van der Waals surface area contributed by atoms with Crippen molar-refractivity contribution < 1.29 is 9.59 Å². The molecule has 0 aliphatic carbocycles. The van der Waals surface area contributed by atoms with Gasteiger partial charge in [0, 0.05) is 18.7 Å². The Morgan fingerprint density at radius 1 is 0.941 bits per heavy atom. The lowest BCUT2D eigenvalue weighted by atomic mass is 10.1. The number of benzene rings is 1. The molecule has 6 heteroatoms. The molecule has 6 nitrogen and oxygen atoms in total. The van der Waals surface area contributed by atoms with Crippen LogP contribution in [0.5, 0.6) is 0 Å². The van der Waals surface area contributed by atoms with Crippen molar-refractivity contribution in [2.75, 3.05) is 13.1 Å². The fraction of sp³-hybridized carbons (Fsp3) is 0.607. The van der Waals surface area contributed by atoms with Gasteiger partial charge in [0.05, 0.1) is 12.2 Å². The zero-order chi connectivity index (χ0) is 25.1. The highest BCUT2D eigenvalue weighted by Crippen LogP contribution is 2.17. The largest absolute Gasteiger partial charge is 0.335 e. The highest BCUT2D eigenvalue weighted by Gasteiger charge is 2.25. The molecule has 2 aromatic rings. The van der Waals surface area contributed by atoms with Crippen molar-refractivity contribution in [3.8, 4) is 5.69 Å². The van der Waals surface area contributed by atoms with Crippen LogP contribution in [0, 0.1) is 13.8 Å². The van der Waals surface area contributed by atoms with E-state index in [-0.39, 0.29) is 29.4 Å². The van der Waals surface area contributed by atoms with E-state index in [2.05, 4.69) is 12.0 Å². The van der Waals surface area contributed by atoms with Crippen LogP contribution in [-0.2, 0) is 11.2 Å². The number of carbonyl (C=O) groups excluding carboxylic acids is 2. The molecule has 0 aliphatic rings. The highest BCUT2D eigenvalue weighted by molar-refractivity contribution is 6.00. The lowest BCUT2D eigenvalue weighted by Gasteiger charge is -2.21. The Bertz CT molecular complexity index is 1000. The number of H-pyrrole nitrogens is 1. The molecule has 0 saturated heterocycles. The Kier molecular flexibility index (Phi) is 11.3. The van der Waals surface area contributed by atoms with Gasteiger partial charge in [-0.25, -0.2) is 4.68 Å². The molecule has 1 aromatic carbocycles. The fourth-order valence-corrected chi connectivity index (χ4v) is 4.38. The molecule has 1 heterocycles. The Hall–Kier alpha value is -2.63. The molecular formula is C28H43N3O3. The third kappa shape index (κ3) is 7.18. The van der Waals surface area contributed by atoms with E-state index in [0.29, 0.717) is 25.1 Å². The molecule has 0 saturated carbocycles. The van der Waals surface area contributed by atoms with Crippen LogP contribution < -0.4 is 5.56 Å². The summed E-state index contributed by atoms with van der Waals surface area (Å²) in [5.74, 6) is -0.282. The Morgan fingerprint density at radius 3 is 2.26 bits per heavy atom. The summed E-state index contributed by atoms with van der Waals surface area (Å²) in [4.78, 5) is 41.1. The number of aryl methyl sites for hydroxylation is 2. The second-order valence-corrected chi connectivity index (χ2v) is 9.29. The number of rotatable bonds is 15. The van der Waals surface area contributed by atoms with E-state index in [4.69, 9.17) is 0 Å². The minimum atomic E-state index is -0.341. The molecule has 0 bridgehead atoms. The first kappa shape index (κ1) is 27.6. The number of nitrogens with zero attached hydrogens (tertiary/aromatic N) is 2. The molecule has 1 N–H and O–H groups in total. The number of unbranched alkanes of at least 4 members (excludes halogenated alkanes) is 6. The lowest BCUT2D eigenvalue weighted by molar-refractivity contribution is -0.130. The minimum absolute atomic E-state index is 0.00666. The van der Waals surface area contributed by atoms with Crippen LogP contribution >= 0.6 is 0 Å². The topological polar surface area (TPSA) is 75.2 Å². The van der Waals surface area contributed by atoms with Gasteiger partial charge in [0.25, 0.3) is 5.56 Å². The summed E-state index contributed by atoms with van der Waals surface area (Å²) in [5, 5.41) is 3.14. The van der Waals surface area contributed by atoms with E-state index in [0.717, 1.165) is 42.5 Å². The molecule has 188 valence electrons. The Morgan fingerprint density at radius 2 is 1.62 bits per heavy atom. The van der Waals surface area contributed by atoms with Gasteiger partial charge in [-0.15, -0.1) is 0 Å². The molecule has 2 rings (SSSR count). The van der Waals surface area contributed by atoms with Gasteiger partial charge < -0.3 is 4.90 Å². The molecule has 0 aliphatic heterocycles. The average molecular weight is 470 g/mol. The number of aromatic amines is 1. The molecule has 0 atom stereocenters. The zero-order valence-electron chi connectivity index (χ0n) is 21.8. The number of aromatic nitrogens is 2. The monoisotopic (exact) mass is 469 g/mol. The van der Waals surface area contributed by atoms with Crippen molar-refractivity contribution >= 4 is 11.7 Å². The van der Waals surface area contributed by atoms with E-state index in [9.17, 15) is 14.4 Å². The highest BCUT2D eigenvalue weighted by atomic mass is 16.2. The van der Waals surface area contributed by atoms with Gasteiger partial charge in [-0.2, -0.15) is 0 Å². The summed E-state index contributed by atoms with van der Waals surface area (Å²) in [6.07, 6.45) is 9.80. The number of Topliss-reactive ketones (excluding diaryl/α,β-unsaturated/α-hetero) is 1. The second-order valence-electron chi connectivity index (χ2n) is 9.29. The molecule has 1 amide bonds. The normalized spacial score (nSPS) is 11.1. The number of hydrogen-bond donors (Lipinski definition) is 1. The van der Waals surface area contributed by atoms with E-state index in [1.54, 1.807) is 4.90 Å². The predicted molar refractivity (Wildman–Crippen MR) is 139 cm³/mol. The van der Waals surface area contributed by atoms with Crippen LogP contribution in [0.4, 0.5) is 0 Å². The molecule has 0 spiro atoms. The van der Waals surface area contributed by atoms with Crippen molar-refractivity contribution in [3.63, 3.8) is 0 Å². The van der Waals surface area contributed by atoms with Crippen LogP contribution in [0.2, 0.25) is 0 Å². The second kappa shape index (κ2) is 13.9. The zero-order valence-corrected chi connectivity index (χ0v) is 21.8. The quantitative estimate of drug-likeness (QED) is 0.260. The Labute approximate surface area is 204 Å². The van der Waals surface area contributed by atoms with E-state index >= 15 is 0 Å². The molecule has 0 unspecified atom stereocenters. The summed E-state index contributed by atoms with van der Waals surface area (Å²) in [5.41, 5.74) is 3.27. The third-order valence-corrected chi connectivity index (χ3v) is 6.59. The minimum Gasteiger partial charge on any atom is -0.335 e. The van der Waals surface area contributed by atoms with Crippen molar-refractivity contribution in [1.29, 1.82) is 0 Å². The van der Waals surface area contributed by atoms with Crippen molar-refractivity contribution in [2.45, 2.75) is 98.8 Å². The van der Waals surface area contributed by atoms with Crippen molar-refractivity contribution in [3.05, 3.63) is 50.9 Å². The van der Waals surface area contributed by atoms with Gasteiger partial charge in [0.1, 0.15) is 5.56 Å². The maximum atomic E-state index is 13.3. The standard InChI is InChI=1S/C28H43N3O3/c1-6-9-10-11-12-13-14-18-26(33)30(19-7-2)20-25(32)27-23(8-3)29-31(28(27)34)24-17-15-16-21(4)22(24)5/h15-17,29H,6-14,18-20H2,1-5H3. The maximum Gasteiger partial charge on any atom is 0.282 e. The molecule has 34 heavy (non-hydrogen) atoms. The Balaban J connectivity index is 2.12. The average Bonchev–Trinajstić information content (AvgIpc) is 3.15. The first-order chi connectivity index (χ1) is 16.3. The fourth-order valence-electron chi connectivity index (χ4n) is 4.38. The van der Waals surface area contributed by atoms with E-state index in [1.165, 1.54) is 30.4 Å². The lowest BCUT2D eigenvalue weighted by Crippen LogP contribution is -2.37. The van der Waals surface area contributed by atoms with Gasteiger partial charge in [0.2, 0.25) is 5.91 Å². The summed E-state index contributed by atoms with van der Waals surface area (Å²) >= 11 is 0. The molecule has 0 fully saturated rings. The molecule has 0 radical (unpaired) electrons. The predicted octanol–water partition coefficient (Wildman–Crippen LogP) is 5.91. The smallest absolute Gasteiger partial charge is 0.282 e. The molecular weight excluding hydrogens is 426 g/mol. The number of amides is 1. The number of nitrogens with one attached hydrogen (secondary N) is 1. The van der Waals surface area contributed by atoms with Gasteiger partial charge in [-0.3, -0.25) is 19.5 Å². The maximum absolute atomic E-state index is 13.3. The van der Waals surface area contributed by atoms with Gasteiger partial charge >= 0.3 is 0 Å². The van der Waals surface area contributed by atoms with E-state index in [1.807, 2.05) is 45.9 Å².